The van der Waals surface area contributed by atoms with E-state index in [4.69, 9.17) is 37.7 Å². The summed E-state index contributed by atoms with van der Waals surface area (Å²) in [7, 11) is 3.16. The number of imidazole rings is 1. The molecule has 1 aliphatic carbocycles. The summed E-state index contributed by atoms with van der Waals surface area (Å²) in [5.74, 6) is -0.751. The number of halogens is 3. The van der Waals surface area contributed by atoms with Crippen LogP contribution in [-0.2, 0) is 26.4 Å². The first kappa shape index (κ1) is 31.7. The van der Waals surface area contributed by atoms with Gasteiger partial charge in [-0.05, 0) is 67.1 Å². The molecule has 0 unspecified atom stereocenters. The monoisotopic (exact) mass is 691 g/mol. The van der Waals surface area contributed by atoms with Gasteiger partial charge in [0.25, 0.3) is 5.91 Å². The molecule has 4 heterocycles. The van der Waals surface area contributed by atoms with Crippen molar-refractivity contribution in [2.75, 3.05) is 39.3 Å². The van der Waals surface area contributed by atoms with Crippen molar-refractivity contribution in [1.29, 1.82) is 0 Å². The number of carbonyl (C=O) groups excluding carboxylic acids is 2. The number of hydrogen-bond acceptors (Lipinski definition) is 6. The van der Waals surface area contributed by atoms with E-state index in [1.54, 1.807) is 50.6 Å². The Morgan fingerprint density at radius 3 is 2.65 bits per heavy atom. The molecule has 48 heavy (non-hydrogen) atoms. The molecule has 4 aliphatic rings. The van der Waals surface area contributed by atoms with E-state index < -0.39 is 17.3 Å². The summed E-state index contributed by atoms with van der Waals surface area (Å²) in [5, 5.41) is 6.63. The van der Waals surface area contributed by atoms with Crippen LogP contribution < -0.4 is 10.6 Å². The SMILES string of the molecule is COCC(COC)NC(=O)c1ccc2c(c1)nc1n2CC[C@H]2[C@@H]1[C@H](c1cccc(Cl)c1F)[C@]1(C(=O)Nc3cc(Cl)ccc31)N2CC1CC1. The summed E-state index contributed by atoms with van der Waals surface area (Å²) in [5.41, 5.74) is 2.62. The fourth-order valence-electron chi connectivity index (χ4n) is 8.54. The minimum absolute atomic E-state index is 0.00907. The van der Waals surface area contributed by atoms with E-state index in [1.807, 2.05) is 12.1 Å². The lowest BCUT2D eigenvalue weighted by Gasteiger charge is -2.40. The molecule has 2 amide bonds. The number of benzene rings is 3. The van der Waals surface area contributed by atoms with Crippen LogP contribution in [-0.4, -0.2) is 72.3 Å². The van der Waals surface area contributed by atoms with Crippen molar-refractivity contribution in [3.05, 3.63) is 93.0 Å². The fourth-order valence-corrected chi connectivity index (χ4v) is 8.89. The highest BCUT2D eigenvalue weighted by Gasteiger charge is 2.69. The maximum atomic E-state index is 16.4. The standard InChI is InChI=1S/C36H36Cl2FN5O4/c1-47-17-22(18-48-2)40-34(45)20-8-11-28-27(14-20)41-33-30-29(12-13-43(28)33)44(16-19-6-7-19)36(31(30)23-4-3-5-25(38)32(23)39)24-10-9-21(37)15-26(24)42-35(36)46/h3-5,8-11,14-15,19,22,29-31H,6-7,12-13,16-18H2,1-2H3,(H,40,45)(H,42,46)/t29-,30+,31-,36+/m0/s1. The number of aromatic nitrogens is 2. The van der Waals surface area contributed by atoms with Gasteiger partial charge in [-0.1, -0.05) is 41.4 Å². The Morgan fingerprint density at radius 2 is 1.90 bits per heavy atom. The number of hydrogen-bond donors (Lipinski definition) is 2. The number of fused-ring (bicyclic) bond motifs is 7. The average molecular weight is 693 g/mol. The van der Waals surface area contributed by atoms with E-state index in [0.29, 0.717) is 59.6 Å². The molecule has 2 N–H and O–H groups in total. The average Bonchev–Trinajstić information content (AvgIpc) is 3.65. The second kappa shape index (κ2) is 12.1. The van der Waals surface area contributed by atoms with Crippen LogP contribution in [0.3, 0.4) is 0 Å². The van der Waals surface area contributed by atoms with E-state index >= 15 is 4.39 Å². The maximum Gasteiger partial charge on any atom is 0.251 e. The summed E-state index contributed by atoms with van der Waals surface area (Å²) in [6.07, 6.45) is 2.92. The van der Waals surface area contributed by atoms with Gasteiger partial charge in [0.1, 0.15) is 17.2 Å². The lowest BCUT2D eigenvalue weighted by atomic mass is 9.70. The molecular formula is C36H36Cl2FN5O4. The molecule has 9 nitrogen and oxygen atoms in total. The number of aryl methyl sites for hydroxylation is 1. The van der Waals surface area contributed by atoms with Crippen molar-refractivity contribution in [2.45, 2.75) is 55.3 Å². The van der Waals surface area contributed by atoms with Crippen LogP contribution in [0.25, 0.3) is 11.0 Å². The molecule has 3 aliphatic heterocycles. The Hall–Kier alpha value is -3.54. The zero-order valence-corrected chi connectivity index (χ0v) is 28.2. The molecule has 3 aromatic carbocycles. The summed E-state index contributed by atoms with van der Waals surface area (Å²) in [6, 6.07) is 15.6. The van der Waals surface area contributed by atoms with Crippen molar-refractivity contribution in [1.82, 2.24) is 19.8 Å². The highest BCUT2D eigenvalue weighted by molar-refractivity contribution is 6.31. The molecule has 2 fully saturated rings. The molecule has 1 spiro atoms. The first-order chi connectivity index (χ1) is 23.3. The molecule has 1 saturated carbocycles. The van der Waals surface area contributed by atoms with Crippen molar-refractivity contribution < 1.29 is 23.5 Å². The Balaban J connectivity index is 1.30. The summed E-state index contributed by atoms with van der Waals surface area (Å²) >= 11 is 12.9. The summed E-state index contributed by atoms with van der Waals surface area (Å²) in [6.45, 7) is 2.00. The quantitative estimate of drug-likeness (QED) is 0.221. The summed E-state index contributed by atoms with van der Waals surface area (Å²) in [4.78, 5) is 35.5. The third-order valence-corrected chi connectivity index (χ3v) is 11.1. The molecule has 0 radical (unpaired) electrons. The molecule has 1 aromatic heterocycles. The molecule has 250 valence electrons. The number of likely N-dealkylation sites (tertiary alicyclic amines) is 1. The highest BCUT2D eigenvalue weighted by atomic mass is 35.5. The van der Waals surface area contributed by atoms with Gasteiger partial charge in [-0.25, -0.2) is 9.37 Å². The van der Waals surface area contributed by atoms with E-state index in [9.17, 15) is 9.59 Å². The molecular weight excluding hydrogens is 656 g/mol. The number of amides is 2. The van der Waals surface area contributed by atoms with Crippen LogP contribution >= 0.6 is 23.2 Å². The Bertz CT molecular complexity index is 1940. The molecule has 4 atom stereocenters. The molecule has 4 aromatic rings. The van der Waals surface area contributed by atoms with Gasteiger partial charge in [0.15, 0.2) is 0 Å². The van der Waals surface area contributed by atoms with Crippen molar-refractivity contribution in [3.8, 4) is 0 Å². The van der Waals surface area contributed by atoms with Crippen molar-refractivity contribution >= 4 is 51.7 Å². The molecule has 8 rings (SSSR count). The van der Waals surface area contributed by atoms with Gasteiger partial charge in [-0.15, -0.1) is 0 Å². The van der Waals surface area contributed by atoms with Gasteiger partial charge in [-0.2, -0.15) is 0 Å². The van der Waals surface area contributed by atoms with Gasteiger partial charge in [0, 0.05) is 67.0 Å². The molecule has 12 heteroatoms. The van der Waals surface area contributed by atoms with E-state index in [0.717, 1.165) is 36.2 Å². The Kier molecular flexibility index (Phi) is 8.00. The second-order valence-corrected chi connectivity index (χ2v) is 14.3. The normalized spacial score (nSPS) is 24.6. The van der Waals surface area contributed by atoms with Gasteiger partial charge in [0.05, 0.1) is 35.3 Å². The van der Waals surface area contributed by atoms with Gasteiger partial charge >= 0.3 is 0 Å². The van der Waals surface area contributed by atoms with E-state index in [2.05, 4.69) is 20.1 Å². The number of carbonyl (C=O) groups is 2. The van der Waals surface area contributed by atoms with Gasteiger partial charge in [0.2, 0.25) is 5.91 Å². The number of methoxy groups -OCH3 is 2. The highest BCUT2D eigenvalue weighted by Crippen LogP contribution is 2.64. The number of nitrogens with one attached hydrogen (secondary N) is 2. The zero-order chi connectivity index (χ0) is 33.3. The van der Waals surface area contributed by atoms with E-state index in [1.165, 1.54) is 6.07 Å². The number of anilines is 1. The third kappa shape index (κ3) is 4.87. The van der Waals surface area contributed by atoms with Crippen LogP contribution in [0, 0.1) is 11.7 Å². The van der Waals surface area contributed by atoms with Crippen molar-refractivity contribution in [3.63, 3.8) is 0 Å². The molecule has 1 saturated heterocycles. The van der Waals surface area contributed by atoms with Crippen molar-refractivity contribution in [2.24, 2.45) is 5.92 Å². The molecule has 0 bridgehead atoms. The first-order valence-corrected chi connectivity index (χ1v) is 17.1. The Morgan fingerprint density at radius 1 is 1.10 bits per heavy atom. The predicted octanol–water partition coefficient (Wildman–Crippen LogP) is 6.09. The van der Waals surface area contributed by atoms with Gasteiger partial charge in [-0.3, -0.25) is 14.5 Å². The zero-order valence-electron chi connectivity index (χ0n) is 26.6. The fraction of sp³-hybridized carbons (Fsp3) is 0.417. The van der Waals surface area contributed by atoms with Crippen LogP contribution in [0.2, 0.25) is 10.0 Å². The first-order valence-electron chi connectivity index (χ1n) is 16.4. The van der Waals surface area contributed by atoms with Crippen LogP contribution in [0.15, 0.2) is 54.6 Å². The second-order valence-electron chi connectivity index (χ2n) is 13.4. The Labute approximate surface area is 287 Å². The minimum Gasteiger partial charge on any atom is -0.382 e. The lowest BCUT2D eigenvalue weighted by molar-refractivity contribution is -0.128. The largest absolute Gasteiger partial charge is 0.382 e. The number of nitrogens with zero attached hydrogens (tertiary/aromatic N) is 3. The summed E-state index contributed by atoms with van der Waals surface area (Å²) < 4.78 is 29.0. The van der Waals surface area contributed by atoms with Crippen LogP contribution in [0.1, 0.15) is 58.4 Å². The lowest BCUT2D eigenvalue weighted by Crippen LogP contribution is -2.53. The topological polar surface area (TPSA) is 97.7 Å². The minimum atomic E-state index is -1.21. The predicted molar refractivity (Wildman–Crippen MR) is 181 cm³/mol. The maximum absolute atomic E-state index is 16.4. The number of rotatable bonds is 9. The van der Waals surface area contributed by atoms with E-state index in [-0.39, 0.29) is 34.8 Å². The number of ether oxygens (including phenoxy) is 2. The third-order valence-electron chi connectivity index (χ3n) is 10.6. The van der Waals surface area contributed by atoms with Gasteiger partial charge < -0.3 is 24.7 Å². The smallest absolute Gasteiger partial charge is 0.251 e. The van der Waals surface area contributed by atoms with Crippen LogP contribution in [0.4, 0.5) is 10.1 Å². The van der Waals surface area contributed by atoms with Crippen LogP contribution in [0.5, 0.6) is 0 Å².